The number of carbonyl (C=O) groups is 1. The van der Waals surface area contributed by atoms with Crippen molar-refractivity contribution in [3.63, 3.8) is 0 Å². The molecule has 1 heterocycles. The second-order valence-corrected chi connectivity index (χ2v) is 4.20. The lowest BCUT2D eigenvalue weighted by Crippen LogP contribution is -2.06. The van der Waals surface area contributed by atoms with Gasteiger partial charge in [0.1, 0.15) is 0 Å². The molecule has 0 saturated carbocycles. The molecule has 1 aromatic heterocycles. The van der Waals surface area contributed by atoms with Crippen LogP contribution in [0.15, 0.2) is 24.4 Å². The van der Waals surface area contributed by atoms with Crippen LogP contribution < -0.4 is 10.1 Å². The number of anilines is 2. The summed E-state index contributed by atoms with van der Waals surface area (Å²) in [6.07, 6.45) is 1.21. The zero-order valence-electron chi connectivity index (χ0n) is 11.6. The van der Waals surface area contributed by atoms with E-state index in [-0.39, 0.29) is 17.3 Å². The van der Waals surface area contributed by atoms with Crippen molar-refractivity contribution in [2.24, 2.45) is 0 Å². The Morgan fingerprint density at radius 2 is 2.24 bits per heavy atom. The molecule has 2 rings (SSSR count). The summed E-state index contributed by atoms with van der Waals surface area (Å²) >= 11 is 0. The van der Waals surface area contributed by atoms with Gasteiger partial charge >= 0.3 is 5.97 Å². The molecule has 0 aliphatic heterocycles. The highest BCUT2D eigenvalue weighted by Crippen LogP contribution is 2.23. The van der Waals surface area contributed by atoms with E-state index >= 15 is 0 Å². The van der Waals surface area contributed by atoms with E-state index in [1.807, 2.05) is 0 Å². The minimum absolute atomic E-state index is 0.0263. The van der Waals surface area contributed by atoms with Crippen molar-refractivity contribution in [1.29, 1.82) is 0 Å². The summed E-state index contributed by atoms with van der Waals surface area (Å²) in [5, 5.41) is 11.7. The SMILES string of the molecule is CCOc1ccc(Nc2ncc(C(=O)O)c(C)n2)cc1F. The van der Waals surface area contributed by atoms with Crippen molar-refractivity contribution < 1.29 is 19.0 Å². The lowest BCUT2D eigenvalue weighted by atomic mass is 10.2. The van der Waals surface area contributed by atoms with E-state index in [1.165, 1.54) is 18.3 Å². The Labute approximate surface area is 120 Å². The Hall–Kier alpha value is -2.70. The van der Waals surface area contributed by atoms with Gasteiger partial charge in [0.25, 0.3) is 0 Å². The fourth-order valence-corrected chi connectivity index (χ4v) is 1.72. The van der Waals surface area contributed by atoms with Crippen LogP contribution in [0.2, 0.25) is 0 Å². The van der Waals surface area contributed by atoms with Gasteiger partial charge in [0.05, 0.1) is 17.9 Å². The molecule has 0 spiro atoms. The zero-order chi connectivity index (χ0) is 15.4. The van der Waals surface area contributed by atoms with Gasteiger partial charge in [-0.05, 0) is 26.0 Å². The van der Waals surface area contributed by atoms with Crippen molar-refractivity contribution in [2.75, 3.05) is 11.9 Å². The predicted octanol–water partition coefficient (Wildman–Crippen LogP) is 2.76. The molecule has 2 aromatic rings. The van der Waals surface area contributed by atoms with Crippen LogP contribution in [-0.2, 0) is 0 Å². The summed E-state index contributed by atoms with van der Waals surface area (Å²) in [5.41, 5.74) is 0.795. The van der Waals surface area contributed by atoms with E-state index in [0.29, 0.717) is 18.0 Å². The second-order valence-electron chi connectivity index (χ2n) is 4.20. The van der Waals surface area contributed by atoms with Gasteiger partial charge in [-0.25, -0.2) is 19.2 Å². The van der Waals surface area contributed by atoms with Gasteiger partial charge in [-0.3, -0.25) is 0 Å². The Morgan fingerprint density at radius 1 is 1.48 bits per heavy atom. The topological polar surface area (TPSA) is 84.3 Å². The van der Waals surface area contributed by atoms with E-state index < -0.39 is 11.8 Å². The third kappa shape index (κ3) is 3.44. The van der Waals surface area contributed by atoms with Crippen LogP contribution in [0, 0.1) is 12.7 Å². The molecule has 0 amide bonds. The average Bonchev–Trinajstić information content (AvgIpc) is 2.41. The molecule has 7 heteroatoms. The Balaban J connectivity index is 2.20. The molecule has 110 valence electrons. The Morgan fingerprint density at radius 3 is 2.81 bits per heavy atom. The Kier molecular flexibility index (Phi) is 4.32. The summed E-state index contributed by atoms with van der Waals surface area (Å²) in [4.78, 5) is 18.8. The molecule has 0 bridgehead atoms. The quantitative estimate of drug-likeness (QED) is 0.881. The standard InChI is InChI=1S/C14H14FN3O3/c1-3-21-12-5-4-9(6-11(12)15)18-14-16-7-10(13(19)20)8(2)17-14/h4-7H,3H2,1-2H3,(H,19,20)(H,16,17,18). The Bertz CT molecular complexity index is 677. The number of hydrogen-bond acceptors (Lipinski definition) is 5. The number of ether oxygens (including phenoxy) is 1. The molecule has 0 aliphatic carbocycles. The van der Waals surface area contributed by atoms with E-state index in [4.69, 9.17) is 9.84 Å². The number of benzene rings is 1. The third-order valence-electron chi connectivity index (χ3n) is 2.70. The average molecular weight is 291 g/mol. The highest BCUT2D eigenvalue weighted by atomic mass is 19.1. The maximum absolute atomic E-state index is 13.7. The monoisotopic (exact) mass is 291 g/mol. The molecule has 0 atom stereocenters. The highest BCUT2D eigenvalue weighted by Gasteiger charge is 2.10. The number of nitrogens with one attached hydrogen (secondary N) is 1. The maximum atomic E-state index is 13.7. The lowest BCUT2D eigenvalue weighted by molar-refractivity contribution is 0.0695. The van der Waals surface area contributed by atoms with Gasteiger partial charge in [0.15, 0.2) is 11.6 Å². The first-order chi connectivity index (χ1) is 10.0. The van der Waals surface area contributed by atoms with Crippen molar-refractivity contribution in [3.8, 4) is 5.75 Å². The van der Waals surface area contributed by atoms with Crippen molar-refractivity contribution in [3.05, 3.63) is 41.5 Å². The first kappa shape index (κ1) is 14.7. The van der Waals surface area contributed by atoms with Crippen molar-refractivity contribution in [2.45, 2.75) is 13.8 Å². The predicted molar refractivity (Wildman–Crippen MR) is 74.6 cm³/mol. The summed E-state index contributed by atoms with van der Waals surface area (Å²) in [7, 11) is 0. The number of hydrogen-bond donors (Lipinski definition) is 2. The molecule has 0 aliphatic rings. The molecule has 0 fully saturated rings. The number of aromatic nitrogens is 2. The van der Waals surface area contributed by atoms with E-state index in [2.05, 4.69) is 15.3 Å². The fourth-order valence-electron chi connectivity index (χ4n) is 1.72. The van der Waals surface area contributed by atoms with Gasteiger partial charge in [-0.2, -0.15) is 0 Å². The zero-order valence-corrected chi connectivity index (χ0v) is 11.6. The van der Waals surface area contributed by atoms with Crippen LogP contribution in [0.1, 0.15) is 23.0 Å². The summed E-state index contributed by atoms with van der Waals surface area (Å²) in [5.74, 6) is -1.23. The van der Waals surface area contributed by atoms with Crippen LogP contribution in [0.25, 0.3) is 0 Å². The van der Waals surface area contributed by atoms with Crippen molar-refractivity contribution in [1.82, 2.24) is 9.97 Å². The lowest BCUT2D eigenvalue weighted by Gasteiger charge is -2.09. The number of rotatable bonds is 5. The fraction of sp³-hybridized carbons (Fsp3) is 0.214. The van der Waals surface area contributed by atoms with Gasteiger partial charge in [-0.15, -0.1) is 0 Å². The minimum Gasteiger partial charge on any atom is -0.491 e. The number of carboxylic acids is 1. The number of halogens is 1. The van der Waals surface area contributed by atoms with Crippen LogP contribution in [-0.4, -0.2) is 27.7 Å². The van der Waals surface area contributed by atoms with Crippen LogP contribution >= 0.6 is 0 Å². The first-order valence-electron chi connectivity index (χ1n) is 6.27. The first-order valence-corrected chi connectivity index (χ1v) is 6.27. The summed E-state index contributed by atoms with van der Waals surface area (Å²) in [6.45, 7) is 3.71. The number of aryl methyl sites for hydroxylation is 1. The third-order valence-corrected chi connectivity index (χ3v) is 2.70. The molecule has 1 aromatic carbocycles. The smallest absolute Gasteiger partial charge is 0.339 e. The van der Waals surface area contributed by atoms with Gasteiger partial charge in [-0.1, -0.05) is 0 Å². The van der Waals surface area contributed by atoms with Gasteiger partial charge < -0.3 is 15.2 Å². The molecular weight excluding hydrogens is 277 g/mol. The van der Waals surface area contributed by atoms with Crippen LogP contribution in [0.4, 0.5) is 16.0 Å². The van der Waals surface area contributed by atoms with Crippen LogP contribution in [0.5, 0.6) is 5.75 Å². The molecule has 6 nitrogen and oxygen atoms in total. The van der Waals surface area contributed by atoms with Crippen molar-refractivity contribution >= 4 is 17.6 Å². The molecule has 21 heavy (non-hydrogen) atoms. The second kappa shape index (κ2) is 6.17. The molecule has 2 N–H and O–H groups in total. The summed E-state index contributed by atoms with van der Waals surface area (Å²) < 4.78 is 18.8. The number of nitrogens with zero attached hydrogens (tertiary/aromatic N) is 2. The summed E-state index contributed by atoms with van der Waals surface area (Å²) in [6, 6.07) is 4.38. The van der Waals surface area contributed by atoms with Gasteiger partial charge in [0, 0.05) is 18.0 Å². The van der Waals surface area contributed by atoms with Gasteiger partial charge in [0.2, 0.25) is 5.95 Å². The molecular formula is C14H14FN3O3. The van der Waals surface area contributed by atoms with E-state index in [9.17, 15) is 9.18 Å². The highest BCUT2D eigenvalue weighted by molar-refractivity contribution is 5.88. The molecule has 0 radical (unpaired) electrons. The largest absolute Gasteiger partial charge is 0.491 e. The number of carboxylic acid groups (broad SMARTS) is 1. The maximum Gasteiger partial charge on any atom is 0.339 e. The number of aromatic carboxylic acids is 1. The molecule has 0 unspecified atom stereocenters. The molecule has 0 saturated heterocycles. The van der Waals surface area contributed by atoms with Crippen LogP contribution in [0.3, 0.4) is 0 Å². The minimum atomic E-state index is -1.09. The normalized spacial score (nSPS) is 10.2. The van der Waals surface area contributed by atoms with E-state index in [0.717, 1.165) is 0 Å². The van der Waals surface area contributed by atoms with E-state index in [1.54, 1.807) is 19.9 Å².